The lowest BCUT2D eigenvalue weighted by Gasteiger charge is -2.43. The van der Waals surface area contributed by atoms with Crippen LogP contribution in [-0.4, -0.2) is 87.7 Å². The number of carboxylic acid groups (broad SMARTS) is 1. The number of aliphatic hydroxyl groups is 3. The molecule has 222 valence electrons. The summed E-state index contributed by atoms with van der Waals surface area (Å²) in [5.74, 6) is -1.35. The van der Waals surface area contributed by atoms with E-state index in [-0.39, 0.29) is 54.4 Å². The number of aliphatic carboxylic acids is 1. The Kier molecular flexibility index (Phi) is 14.2. The minimum absolute atomic E-state index is 0.0156. The molecule has 0 aromatic heterocycles. The first-order valence-electron chi connectivity index (χ1n) is 13.4. The topological polar surface area (TPSA) is 216 Å². The van der Waals surface area contributed by atoms with Crippen LogP contribution in [0.5, 0.6) is 0 Å². The van der Waals surface area contributed by atoms with E-state index in [0.717, 1.165) is 5.57 Å². The molecule has 0 spiro atoms. The number of aliphatic imine (C=N–C) groups is 1. The van der Waals surface area contributed by atoms with Gasteiger partial charge in [0.2, 0.25) is 5.96 Å². The second kappa shape index (κ2) is 16.2. The van der Waals surface area contributed by atoms with E-state index in [1.807, 2.05) is 26.0 Å². The van der Waals surface area contributed by atoms with Crippen LogP contribution in [-0.2, 0) is 14.3 Å². The van der Waals surface area contributed by atoms with Gasteiger partial charge in [0.05, 0.1) is 30.7 Å². The molecule has 0 aliphatic heterocycles. The van der Waals surface area contributed by atoms with E-state index in [1.54, 1.807) is 14.1 Å². The highest BCUT2D eigenvalue weighted by Gasteiger charge is 2.42. The monoisotopic (exact) mass is 553 g/mol. The van der Waals surface area contributed by atoms with E-state index in [2.05, 4.69) is 18.0 Å². The number of guanidine groups is 2. The third-order valence-electron chi connectivity index (χ3n) is 7.10. The molecule has 39 heavy (non-hydrogen) atoms. The van der Waals surface area contributed by atoms with Crippen LogP contribution in [0.3, 0.4) is 0 Å². The Labute approximate surface area is 230 Å². The smallest absolute Gasteiger partial charge is 0.308 e. The number of carboxylic acids is 1. The minimum Gasteiger partial charge on any atom is -0.481 e. The Morgan fingerprint density at radius 3 is 2.41 bits per heavy atom. The number of fused-ring (bicyclic) bond motifs is 1. The van der Waals surface area contributed by atoms with Crippen molar-refractivity contribution in [3.63, 3.8) is 0 Å². The van der Waals surface area contributed by atoms with Crippen molar-refractivity contribution in [2.75, 3.05) is 14.1 Å². The van der Waals surface area contributed by atoms with Gasteiger partial charge in [0, 0.05) is 26.4 Å². The summed E-state index contributed by atoms with van der Waals surface area (Å²) in [6.45, 7) is 5.85. The number of nitrogens with two attached hydrogens (primary N) is 2. The molecule has 2 aliphatic rings. The van der Waals surface area contributed by atoms with Crippen molar-refractivity contribution in [2.24, 2.45) is 40.1 Å². The number of nitrogens with one attached hydrogen (secondary N) is 1. The average Bonchev–Trinajstić information content (AvgIpc) is 2.82. The van der Waals surface area contributed by atoms with Gasteiger partial charge in [-0.05, 0) is 43.1 Å². The average molecular weight is 554 g/mol. The zero-order chi connectivity index (χ0) is 29.9. The molecule has 0 unspecified atom stereocenters. The maximum Gasteiger partial charge on any atom is 0.308 e. The number of carbonyl (C=O) groups excluding carboxylic acids is 1. The van der Waals surface area contributed by atoms with Crippen LogP contribution in [0.4, 0.5) is 0 Å². The molecule has 0 saturated heterocycles. The number of esters is 1. The normalized spacial score (nSPS) is 25.9. The standard InChI is InChI=1S/C23H36O7.C4H11N5/c1-4-13(2)23(29)30-20-11-17(25)9-15-6-5-14(3)19(22(15)20)8-7-16(24)10-18(26)12-21(27)28;1-9(2)4(7)8-3(5)6/h5-6,9,13-14,16-20,22,24-26H,4,7-8,10-12H2,1-3H3,(H,27,28);1-2H3,(H5,5,6,7,8)/t13-,14-,16+,17+,18+,19-,20-,22-;/m0./s1. The van der Waals surface area contributed by atoms with Gasteiger partial charge in [0.25, 0.3) is 0 Å². The lowest BCUT2D eigenvalue weighted by molar-refractivity contribution is -0.159. The van der Waals surface area contributed by atoms with Gasteiger partial charge in [-0.3, -0.25) is 15.0 Å². The molecule has 0 bridgehead atoms. The highest BCUT2D eigenvalue weighted by atomic mass is 16.5. The first-order chi connectivity index (χ1) is 18.2. The Hall–Kier alpha value is -2.96. The number of hydrogen-bond acceptors (Lipinski definition) is 7. The lowest BCUT2D eigenvalue weighted by atomic mass is 9.66. The van der Waals surface area contributed by atoms with Gasteiger partial charge in [0.1, 0.15) is 6.10 Å². The Morgan fingerprint density at radius 1 is 1.26 bits per heavy atom. The molecule has 0 amide bonds. The molecule has 12 nitrogen and oxygen atoms in total. The summed E-state index contributed by atoms with van der Waals surface area (Å²) in [5.41, 5.74) is 10.9. The third-order valence-corrected chi connectivity index (χ3v) is 7.10. The van der Waals surface area contributed by atoms with Crippen molar-refractivity contribution < 1.29 is 34.8 Å². The molecular weight excluding hydrogens is 506 g/mol. The van der Waals surface area contributed by atoms with Crippen molar-refractivity contribution in [3.05, 3.63) is 23.8 Å². The predicted molar refractivity (Wildman–Crippen MR) is 149 cm³/mol. The second-order valence-corrected chi connectivity index (χ2v) is 10.6. The van der Waals surface area contributed by atoms with Crippen molar-refractivity contribution in [3.8, 4) is 0 Å². The third kappa shape index (κ3) is 11.8. The molecule has 0 radical (unpaired) electrons. The Morgan fingerprint density at radius 2 is 1.90 bits per heavy atom. The number of nitrogens with zero attached hydrogens (tertiary/aromatic N) is 2. The summed E-state index contributed by atoms with van der Waals surface area (Å²) in [6, 6.07) is 0. The van der Waals surface area contributed by atoms with Gasteiger partial charge in [-0.25, -0.2) is 0 Å². The van der Waals surface area contributed by atoms with Gasteiger partial charge in [-0.1, -0.05) is 39.0 Å². The van der Waals surface area contributed by atoms with Crippen LogP contribution < -0.4 is 11.5 Å². The van der Waals surface area contributed by atoms with Crippen LogP contribution in [0.25, 0.3) is 0 Å². The summed E-state index contributed by atoms with van der Waals surface area (Å²) in [4.78, 5) is 28.1. The fourth-order valence-corrected chi connectivity index (χ4v) is 4.74. The zero-order valence-corrected chi connectivity index (χ0v) is 23.7. The summed E-state index contributed by atoms with van der Waals surface area (Å²) < 4.78 is 5.84. The van der Waals surface area contributed by atoms with E-state index < -0.39 is 30.4 Å². The molecule has 8 atom stereocenters. The van der Waals surface area contributed by atoms with Crippen molar-refractivity contribution in [2.45, 2.75) is 83.7 Å². The first kappa shape index (κ1) is 34.1. The van der Waals surface area contributed by atoms with Crippen LogP contribution in [0.1, 0.15) is 59.3 Å². The van der Waals surface area contributed by atoms with E-state index >= 15 is 0 Å². The molecule has 12 heteroatoms. The number of hydrogen-bond donors (Lipinski definition) is 7. The van der Waals surface area contributed by atoms with Crippen molar-refractivity contribution in [1.29, 1.82) is 5.41 Å². The summed E-state index contributed by atoms with van der Waals surface area (Å²) in [7, 11) is 3.38. The van der Waals surface area contributed by atoms with Gasteiger partial charge in [-0.15, -0.1) is 0 Å². The summed E-state index contributed by atoms with van der Waals surface area (Å²) in [5, 5.41) is 46.1. The van der Waals surface area contributed by atoms with E-state index in [4.69, 9.17) is 26.7 Å². The largest absolute Gasteiger partial charge is 0.481 e. The number of carbonyl (C=O) groups is 2. The number of allylic oxidation sites excluding steroid dienone is 2. The quantitative estimate of drug-likeness (QED) is 0.116. The van der Waals surface area contributed by atoms with Gasteiger partial charge in [0.15, 0.2) is 5.96 Å². The van der Waals surface area contributed by atoms with Crippen LogP contribution in [0.15, 0.2) is 28.8 Å². The van der Waals surface area contributed by atoms with Gasteiger partial charge >= 0.3 is 11.9 Å². The number of aliphatic hydroxyl groups excluding tert-OH is 3. The van der Waals surface area contributed by atoms with Crippen LogP contribution >= 0.6 is 0 Å². The lowest BCUT2D eigenvalue weighted by Crippen LogP contribution is -2.43. The predicted octanol–water partition coefficient (Wildman–Crippen LogP) is 1.20. The SMILES string of the molecule is CC[C@H](C)C(=O)O[C@H]1C[C@H](O)C=C2C=C[C@H](C)[C@H](CC[C@@H](O)C[C@@H](O)CC(=O)O)[C@H]21.CN(C)C(=N)N=C(N)N. The fraction of sp³-hybridized carbons (Fsp3) is 0.704. The van der Waals surface area contributed by atoms with Gasteiger partial charge in [-0.2, -0.15) is 4.99 Å². The van der Waals surface area contributed by atoms with Crippen LogP contribution in [0, 0.1) is 29.1 Å². The van der Waals surface area contributed by atoms with E-state index in [9.17, 15) is 24.9 Å². The van der Waals surface area contributed by atoms with Crippen LogP contribution in [0.2, 0.25) is 0 Å². The van der Waals surface area contributed by atoms with Gasteiger partial charge < -0.3 is 41.5 Å². The molecule has 0 fully saturated rings. The maximum atomic E-state index is 12.4. The second-order valence-electron chi connectivity index (χ2n) is 10.6. The molecular formula is C27H47N5O7. The molecule has 0 heterocycles. The number of rotatable bonds is 10. The summed E-state index contributed by atoms with van der Waals surface area (Å²) in [6.07, 6.45) is 4.64. The molecule has 2 rings (SSSR count). The molecule has 0 aromatic carbocycles. The highest BCUT2D eigenvalue weighted by molar-refractivity contribution is 5.91. The molecule has 0 aromatic rings. The van der Waals surface area contributed by atoms with Crippen molar-refractivity contribution in [1.82, 2.24) is 4.90 Å². The Bertz CT molecular complexity index is 916. The highest BCUT2D eigenvalue weighted by Crippen LogP contribution is 2.44. The van der Waals surface area contributed by atoms with E-state index in [0.29, 0.717) is 25.7 Å². The molecule has 2 aliphatic carbocycles. The zero-order valence-electron chi connectivity index (χ0n) is 23.7. The Balaban J connectivity index is 0.000000724. The first-order valence-corrected chi connectivity index (χ1v) is 13.4. The molecule has 0 saturated carbocycles. The fourth-order valence-electron chi connectivity index (χ4n) is 4.74. The molecule has 9 N–H and O–H groups in total. The van der Waals surface area contributed by atoms with E-state index in [1.165, 1.54) is 4.90 Å². The minimum atomic E-state index is -1.10. The summed E-state index contributed by atoms with van der Waals surface area (Å²) >= 11 is 0. The number of ether oxygens (including phenoxy) is 1. The van der Waals surface area contributed by atoms with Crippen molar-refractivity contribution >= 4 is 23.9 Å². The maximum absolute atomic E-state index is 12.4.